The van der Waals surface area contributed by atoms with Gasteiger partial charge in [-0.05, 0) is 47.9 Å². The summed E-state index contributed by atoms with van der Waals surface area (Å²) in [6.07, 6.45) is 2.10. The van der Waals surface area contributed by atoms with Crippen molar-refractivity contribution in [2.75, 3.05) is 0 Å². The van der Waals surface area contributed by atoms with Gasteiger partial charge in [-0.25, -0.2) is 0 Å². The second-order valence-electron chi connectivity index (χ2n) is 4.55. The molecule has 0 spiro atoms. The summed E-state index contributed by atoms with van der Waals surface area (Å²) >= 11 is 0. The third-order valence-corrected chi connectivity index (χ3v) is 4.89. The molecule has 2 atom stereocenters. The van der Waals surface area contributed by atoms with Crippen LogP contribution in [-0.2, 0) is 10.8 Å². The maximum Gasteiger partial charge on any atom is 0.0603 e. The number of benzene rings is 2. The van der Waals surface area contributed by atoms with Gasteiger partial charge in [-0.3, -0.25) is 4.21 Å². The Morgan fingerprint density at radius 3 is 2.47 bits per heavy atom. The highest BCUT2D eigenvalue weighted by atomic mass is 32.2. The summed E-state index contributed by atoms with van der Waals surface area (Å²) in [5.41, 5.74) is 2.37. The van der Waals surface area contributed by atoms with Crippen LogP contribution in [0.15, 0.2) is 47.4 Å². The monoisotopic (exact) mass is 242 g/mol. The Morgan fingerprint density at radius 2 is 1.76 bits per heavy atom. The van der Waals surface area contributed by atoms with Crippen molar-refractivity contribution in [1.82, 2.24) is 0 Å². The zero-order valence-electron chi connectivity index (χ0n) is 9.94. The van der Waals surface area contributed by atoms with Gasteiger partial charge in [0.25, 0.3) is 0 Å². The molecule has 86 valence electrons. The van der Waals surface area contributed by atoms with Crippen LogP contribution in [0.3, 0.4) is 0 Å². The van der Waals surface area contributed by atoms with Crippen LogP contribution in [-0.4, -0.2) is 9.46 Å². The van der Waals surface area contributed by atoms with Crippen LogP contribution in [0.25, 0.3) is 16.3 Å². The van der Waals surface area contributed by atoms with Crippen LogP contribution in [0.4, 0.5) is 0 Å². The first-order valence-corrected chi connectivity index (χ1v) is 7.00. The molecule has 2 aromatic rings. The van der Waals surface area contributed by atoms with E-state index in [1.807, 2.05) is 19.1 Å². The highest BCUT2D eigenvalue weighted by molar-refractivity contribution is 7.86. The van der Waals surface area contributed by atoms with Crippen LogP contribution in [0.2, 0.25) is 0 Å². The van der Waals surface area contributed by atoms with Crippen LogP contribution in [0.5, 0.6) is 0 Å². The molecule has 0 aromatic heterocycles. The molecule has 2 heteroatoms. The Labute approximate surface area is 104 Å². The van der Waals surface area contributed by atoms with Gasteiger partial charge in [-0.1, -0.05) is 30.3 Å². The minimum atomic E-state index is -0.913. The van der Waals surface area contributed by atoms with E-state index in [-0.39, 0.29) is 5.25 Å². The molecule has 1 heterocycles. The maximum atomic E-state index is 12.3. The van der Waals surface area contributed by atoms with Gasteiger partial charge in [0.1, 0.15) is 0 Å². The Bertz CT molecular complexity index is 655. The van der Waals surface area contributed by atoms with Crippen molar-refractivity contribution < 1.29 is 4.21 Å². The lowest BCUT2D eigenvalue weighted by molar-refractivity contribution is 0.679. The minimum absolute atomic E-state index is 0.115. The van der Waals surface area contributed by atoms with Crippen LogP contribution >= 0.6 is 0 Å². The molecular formula is C15H14OS. The van der Waals surface area contributed by atoms with Crippen molar-refractivity contribution in [2.24, 2.45) is 0 Å². The largest absolute Gasteiger partial charge is 0.254 e. The first-order valence-electron chi connectivity index (χ1n) is 5.79. The predicted molar refractivity (Wildman–Crippen MR) is 73.5 cm³/mol. The lowest BCUT2D eigenvalue weighted by Gasteiger charge is -2.20. The maximum absolute atomic E-state index is 12.3. The third-order valence-electron chi connectivity index (χ3n) is 3.31. The molecule has 0 aliphatic carbocycles. The highest BCUT2D eigenvalue weighted by Gasteiger charge is 2.21. The number of hydrogen-bond donors (Lipinski definition) is 0. The first-order chi connectivity index (χ1) is 8.16. The van der Waals surface area contributed by atoms with Crippen LogP contribution in [0, 0.1) is 0 Å². The van der Waals surface area contributed by atoms with Gasteiger partial charge in [0.2, 0.25) is 0 Å². The summed E-state index contributed by atoms with van der Waals surface area (Å²) in [5.74, 6) is 0. The van der Waals surface area contributed by atoms with Gasteiger partial charge in [0.05, 0.1) is 16.0 Å². The number of allylic oxidation sites excluding steroid dienone is 1. The molecule has 0 N–H and O–H groups in total. The molecule has 1 aliphatic heterocycles. The molecule has 2 unspecified atom stereocenters. The lowest BCUT2D eigenvalue weighted by atomic mass is 10.0. The zero-order chi connectivity index (χ0) is 12.0. The van der Waals surface area contributed by atoms with Crippen molar-refractivity contribution in [3.05, 3.63) is 48.0 Å². The molecular weight excluding hydrogens is 228 g/mol. The predicted octanol–water partition coefficient (Wildman–Crippen LogP) is 3.75. The van der Waals surface area contributed by atoms with Crippen LogP contribution in [0.1, 0.15) is 19.4 Å². The number of hydrogen-bond acceptors (Lipinski definition) is 1. The van der Waals surface area contributed by atoms with Gasteiger partial charge in [-0.2, -0.15) is 0 Å². The van der Waals surface area contributed by atoms with E-state index < -0.39 is 10.8 Å². The molecule has 1 nitrogen and oxygen atoms in total. The molecule has 0 saturated carbocycles. The molecule has 1 aliphatic rings. The van der Waals surface area contributed by atoms with Gasteiger partial charge in [-0.15, -0.1) is 0 Å². The fourth-order valence-electron chi connectivity index (χ4n) is 2.40. The van der Waals surface area contributed by atoms with Crippen LogP contribution < -0.4 is 0 Å². The van der Waals surface area contributed by atoms with E-state index in [0.29, 0.717) is 0 Å². The zero-order valence-corrected chi connectivity index (χ0v) is 10.8. The van der Waals surface area contributed by atoms with E-state index >= 15 is 0 Å². The van der Waals surface area contributed by atoms with Crippen molar-refractivity contribution >= 4 is 27.1 Å². The minimum Gasteiger partial charge on any atom is -0.254 e. The molecule has 0 fully saturated rings. The molecule has 0 saturated heterocycles. The van der Waals surface area contributed by atoms with Crippen molar-refractivity contribution in [2.45, 2.75) is 24.0 Å². The number of rotatable bonds is 0. The van der Waals surface area contributed by atoms with Gasteiger partial charge < -0.3 is 0 Å². The Hall–Kier alpha value is -1.41. The third kappa shape index (κ3) is 1.64. The van der Waals surface area contributed by atoms with E-state index in [1.54, 1.807) is 0 Å². The van der Waals surface area contributed by atoms with E-state index in [2.05, 4.69) is 37.3 Å². The van der Waals surface area contributed by atoms with Crippen molar-refractivity contribution in [3.63, 3.8) is 0 Å². The highest BCUT2D eigenvalue weighted by Crippen LogP contribution is 2.33. The average Bonchev–Trinajstić information content (AvgIpc) is 2.34. The Kier molecular flexibility index (Phi) is 2.40. The second kappa shape index (κ2) is 3.81. The number of fused-ring (bicyclic) bond motifs is 2. The summed E-state index contributed by atoms with van der Waals surface area (Å²) in [4.78, 5) is 0.983. The standard InChI is InChI=1S/C15H14OS/c1-10-7-11(2)17(16)15-9-13-6-4-3-5-12(13)8-14(10)15/h3-9,11H,1-2H3. The summed E-state index contributed by atoms with van der Waals surface area (Å²) in [7, 11) is -0.913. The molecule has 0 bridgehead atoms. The first kappa shape index (κ1) is 10.7. The van der Waals surface area contributed by atoms with E-state index in [1.165, 1.54) is 16.3 Å². The van der Waals surface area contributed by atoms with Crippen molar-refractivity contribution in [3.8, 4) is 0 Å². The smallest absolute Gasteiger partial charge is 0.0603 e. The van der Waals surface area contributed by atoms with Crippen molar-refractivity contribution in [1.29, 1.82) is 0 Å². The second-order valence-corrected chi connectivity index (χ2v) is 6.33. The van der Waals surface area contributed by atoms with E-state index in [4.69, 9.17) is 0 Å². The van der Waals surface area contributed by atoms with Gasteiger partial charge in [0.15, 0.2) is 0 Å². The molecule has 0 amide bonds. The SMILES string of the molecule is CC1=CC(C)S(=O)c2cc3ccccc3cc21. The van der Waals surface area contributed by atoms with Gasteiger partial charge >= 0.3 is 0 Å². The fourth-order valence-corrected chi connectivity index (χ4v) is 3.81. The average molecular weight is 242 g/mol. The normalized spacial score (nSPS) is 23.3. The van der Waals surface area contributed by atoms with Gasteiger partial charge in [0, 0.05) is 4.90 Å². The Balaban J connectivity index is 2.36. The lowest BCUT2D eigenvalue weighted by Crippen LogP contribution is -2.14. The molecule has 0 radical (unpaired) electrons. The summed E-state index contributed by atoms with van der Waals surface area (Å²) in [6.45, 7) is 4.11. The topological polar surface area (TPSA) is 17.1 Å². The summed E-state index contributed by atoms with van der Waals surface area (Å²) < 4.78 is 12.3. The fraction of sp³-hybridized carbons (Fsp3) is 0.200. The van der Waals surface area contributed by atoms with E-state index in [9.17, 15) is 4.21 Å². The quantitative estimate of drug-likeness (QED) is 0.687. The molecule has 2 aromatic carbocycles. The summed E-state index contributed by atoms with van der Waals surface area (Å²) in [5, 5.41) is 2.50. The summed E-state index contributed by atoms with van der Waals surface area (Å²) in [6, 6.07) is 12.5. The molecule has 3 rings (SSSR count). The van der Waals surface area contributed by atoms with E-state index in [0.717, 1.165) is 10.5 Å². The Morgan fingerprint density at radius 1 is 1.12 bits per heavy atom. The molecule has 17 heavy (non-hydrogen) atoms.